The molecule has 1 aromatic carbocycles. The number of fused-ring (bicyclic) bond motifs is 1. The summed E-state index contributed by atoms with van der Waals surface area (Å²) in [6.45, 7) is 3.25. The van der Waals surface area contributed by atoms with E-state index in [0.29, 0.717) is 21.1 Å². The fourth-order valence-corrected chi connectivity index (χ4v) is 3.07. The van der Waals surface area contributed by atoms with Crippen molar-refractivity contribution < 1.29 is 23.6 Å². The molecule has 0 radical (unpaired) electrons. The van der Waals surface area contributed by atoms with Gasteiger partial charge in [-0.15, -0.1) is 0 Å². The number of aromatic amines is 1. The fourth-order valence-electron chi connectivity index (χ4n) is 2.79. The van der Waals surface area contributed by atoms with E-state index in [1.807, 2.05) is 13.8 Å². The molecular formula is C19H23Cl2FN6O4. The van der Waals surface area contributed by atoms with Gasteiger partial charge in [0, 0.05) is 11.4 Å². The van der Waals surface area contributed by atoms with Gasteiger partial charge in [0.05, 0.1) is 17.6 Å². The Kier molecular flexibility index (Phi) is 8.79. The van der Waals surface area contributed by atoms with Crippen LogP contribution in [-0.2, 0) is 14.4 Å². The van der Waals surface area contributed by atoms with Crippen LogP contribution in [0.2, 0.25) is 5.02 Å². The number of alkyl halides is 2. The van der Waals surface area contributed by atoms with Crippen LogP contribution in [-0.4, -0.2) is 56.8 Å². The molecular weight excluding hydrogens is 466 g/mol. The fraction of sp³-hybridized carbons (Fsp3) is 0.421. The molecule has 0 saturated heterocycles. The van der Waals surface area contributed by atoms with Crippen LogP contribution in [0.4, 0.5) is 4.39 Å². The van der Waals surface area contributed by atoms with Crippen LogP contribution in [0, 0.1) is 5.92 Å². The van der Waals surface area contributed by atoms with Gasteiger partial charge in [0.15, 0.2) is 5.82 Å². The quantitative estimate of drug-likeness (QED) is 0.312. The number of nitrogens with two attached hydrogens (primary N) is 1. The van der Waals surface area contributed by atoms with Crippen LogP contribution in [0.1, 0.15) is 37.3 Å². The summed E-state index contributed by atoms with van der Waals surface area (Å²) < 4.78 is 13.3. The average molecular weight is 489 g/mol. The largest absolute Gasteiger partial charge is 0.370 e. The summed E-state index contributed by atoms with van der Waals surface area (Å²) in [4.78, 5) is 55.5. The molecule has 0 spiro atoms. The van der Waals surface area contributed by atoms with Gasteiger partial charge in [-0.2, -0.15) is 0 Å². The average Bonchev–Trinajstić information content (AvgIpc) is 3.12. The number of aromatic nitrogens is 2. The maximum atomic E-state index is 13.3. The van der Waals surface area contributed by atoms with Gasteiger partial charge in [-0.3, -0.25) is 24.6 Å². The highest BCUT2D eigenvalue weighted by Gasteiger charge is 2.29. The monoisotopic (exact) mass is 488 g/mol. The molecule has 0 aliphatic heterocycles. The molecule has 0 aliphatic carbocycles. The molecule has 1 heterocycles. The number of amides is 4. The van der Waals surface area contributed by atoms with Gasteiger partial charge in [-0.05, 0) is 30.5 Å². The van der Waals surface area contributed by atoms with Crippen LogP contribution in [0.3, 0.4) is 0 Å². The minimum absolute atomic E-state index is 0.0303. The van der Waals surface area contributed by atoms with Gasteiger partial charge in [0.2, 0.25) is 5.91 Å². The Labute approximate surface area is 193 Å². The van der Waals surface area contributed by atoms with Crippen LogP contribution in [0.15, 0.2) is 18.2 Å². The lowest BCUT2D eigenvalue weighted by atomic mass is 10.0. The first-order valence-electron chi connectivity index (χ1n) is 9.62. The molecule has 0 aliphatic rings. The summed E-state index contributed by atoms with van der Waals surface area (Å²) in [5.41, 5.74) is 5.85. The Hall–Kier alpha value is -2.92. The third kappa shape index (κ3) is 7.06. The van der Waals surface area contributed by atoms with Crippen molar-refractivity contribution in [3.05, 3.63) is 29.0 Å². The minimum atomic E-state index is -2.44. The number of nitrogens with one attached hydrogen (secondary N) is 3. The van der Waals surface area contributed by atoms with Crippen molar-refractivity contribution in [2.45, 2.75) is 38.4 Å². The smallest absolute Gasteiger partial charge is 0.291 e. The molecule has 1 aromatic heterocycles. The lowest BCUT2D eigenvalue weighted by Crippen LogP contribution is -2.56. The summed E-state index contributed by atoms with van der Waals surface area (Å²) in [5.74, 6) is -3.59. The standard InChI is InChI=1S/C19H23Cl2FN6O4/c1-9(2)7-13(17(30)27-28(6-5-14(23)29)19(32)15(21)22)26-18(31)16-24-11-4-3-10(20)8-12(11)25-16/h3-4,8-9,13,15H,5-7H2,1-2H3,(H2,23,29)(H,24,25)(H,26,31)(H,27,30)/t13-,15-/m0/s1. The normalized spacial score (nSPS) is 12.9. The Morgan fingerprint density at radius 1 is 1.28 bits per heavy atom. The third-order valence-electron chi connectivity index (χ3n) is 4.27. The maximum Gasteiger partial charge on any atom is 0.291 e. The molecule has 13 heteroatoms. The summed E-state index contributed by atoms with van der Waals surface area (Å²) in [6.07, 6.45) is -0.139. The van der Waals surface area contributed by atoms with E-state index in [-0.39, 0.29) is 31.1 Å². The van der Waals surface area contributed by atoms with Gasteiger partial charge < -0.3 is 16.0 Å². The molecule has 4 amide bonds. The summed E-state index contributed by atoms with van der Waals surface area (Å²) in [5, 5.41) is 3.55. The van der Waals surface area contributed by atoms with Crippen molar-refractivity contribution in [2.24, 2.45) is 11.7 Å². The lowest BCUT2D eigenvalue weighted by Gasteiger charge is -2.26. The number of imidazole rings is 1. The third-order valence-corrected chi connectivity index (χ3v) is 4.69. The number of carbonyl (C=O) groups is 4. The number of hydrogen-bond acceptors (Lipinski definition) is 5. The summed E-state index contributed by atoms with van der Waals surface area (Å²) in [6, 6.07) is 3.76. The summed E-state index contributed by atoms with van der Waals surface area (Å²) in [7, 11) is 0. The molecule has 0 saturated carbocycles. The predicted octanol–water partition coefficient (Wildman–Crippen LogP) is 1.63. The van der Waals surface area contributed by atoms with E-state index in [4.69, 9.17) is 28.9 Å². The van der Waals surface area contributed by atoms with E-state index in [2.05, 4.69) is 20.7 Å². The number of rotatable bonds is 9. The number of hydrazine groups is 1. The number of primary amides is 1. The highest BCUT2D eigenvalue weighted by Crippen LogP contribution is 2.17. The van der Waals surface area contributed by atoms with Crippen LogP contribution in [0.5, 0.6) is 0 Å². The van der Waals surface area contributed by atoms with E-state index >= 15 is 0 Å². The van der Waals surface area contributed by atoms with E-state index in [0.717, 1.165) is 0 Å². The number of carbonyl (C=O) groups excluding carboxylic acids is 4. The van der Waals surface area contributed by atoms with Gasteiger partial charge in [0.25, 0.3) is 23.4 Å². The number of nitrogens with zero attached hydrogens (tertiary/aromatic N) is 2. The predicted molar refractivity (Wildman–Crippen MR) is 116 cm³/mol. The molecule has 2 atom stereocenters. The summed E-state index contributed by atoms with van der Waals surface area (Å²) >= 11 is 11.1. The Morgan fingerprint density at radius 3 is 2.56 bits per heavy atom. The van der Waals surface area contributed by atoms with Gasteiger partial charge in [0.1, 0.15) is 6.04 Å². The van der Waals surface area contributed by atoms with Crippen molar-refractivity contribution in [3.63, 3.8) is 0 Å². The van der Waals surface area contributed by atoms with Gasteiger partial charge in [-0.25, -0.2) is 14.4 Å². The minimum Gasteiger partial charge on any atom is -0.370 e. The molecule has 10 nitrogen and oxygen atoms in total. The number of halogens is 3. The SMILES string of the molecule is CC(C)C[C@H](NC(=O)c1nc2cc(Cl)ccc2[nH]1)C(=O)NN(CCC(N)=O)C(=O)[C@H](F)Cl. The molecule has 0 fully saturated rings. The highest BCUT2D eigenvalue weighted by molar-refractivity contribution is 6.31. The zero-order chi connectivity index (χ0) is 24.0. The van der Waals surface area contributed by atoms with Crippen molar-refractivity contribution >= 4 is 57.9 Å². The van der Waals surface area contributed by atoms with Crippen LogP contribution >= 0.6 is 23.2 Å². The second-order valence-corrected chi connectivity index (χ2v) is 8.21. The molecule has 2 rings (SSSR count). The lowest BCUT2D eigenvalue weighted by molar-refractivity contribution is -0.144. The van der Waals surface area contributed by atoms with E-state index in [1.54, 1.807) is 18.2 Å². The van der Waals surface area contributed by atoms with Crippen LogP contribution < -0.4 is 16.5 Å². The zero-order valence-corrected chi connectivity index (χ0v) is 18.8. The molecule has 174 valence electrons. The zero-order valence-electron chi connectivity index (χ0n) is 17.3. The first-order valence-corrected chi connectivity index (χ1v) is 10.4. The van der Waals surface area contributed by atoms with Crippen molar-refractivity contribution in [1.82, 2.24) is 25.7 Å². The first kappa shape index (κ1) is 25.3. The second-order valence-electron chi connectivity index (χ2n) is 7.39. The molecule has 5 N–H and O–H groups in total. The Morgan fingerprint density at radius 2 is 1.97 bits per heavy atom. The van der Waals surface area contributed by atoms with Crippen molar-refractivity contribution in [1.29, 1.82) is 0 Å². The van der Waals surface area contributed by atoms with E-state index < -0.39 is 35.3 Å². The second kappa shape index (κ2) is 11.1. The molecule has 0 bridgehead atoms. The van der Waals surface area contributed by atoms with E-state index in [1.165, 1.54) is 0 Å². The maximum absolute atomic E-state index is 13.3. The Balaban J connectivity index is 2.18. The topological polar surface area (TPSA) is 150 Å². The van der Waals surface area contributed by atoms with Gasteiger partial charge in [-0.1, -0.05) is 37.0 Å². The van der Waals surface area contributed by atoms with Gasteiger partial charge >= 0.3 is 0 Å². The van der Waals surface area contributed by atoms with Crippen molar-refractivity contribution in [3.8, 4) is 0 Å². The molecule has 0 unspecified atom stereocenters. The van der Waals surface area contributed by atoms with Crippen LogP contribution in [0.25, 0.3) is 11.0 Å². The number of benzene rings is 1. The van der Waals surface area contributed by atoms with E-state index in [9.17, 15) is 23.6 Å². The first-order chi connectivity index (χ1) is 15.0. The molecule has 2 aromatic rings. The highest BCUT2D eigenvalue weighted by atomic mass is 35.5. The molecule has 32 heavy (non-hydrogen) atoms. The Bertz CT molecular complexity index is 1010. The number of hydrogen-bond donors (Lipinski definition) is 4. The number of H-pyrrole nitrogens is 1. The van der Waals surface area contributed by atoms with Crippen molar-refractivity contribution in [2.75, 3.05) is 6.54 Å².